The Morgan fingerprint density at radius 3 is 2.69 bits per heavy atom. The number of aromatic nitrogens is 1. The Morgan fingerprint density at radius 1 is 1.24 bits per heavy atom. The van der Waals surface area contributed by atoms with E-state index in [9.17, 15) is 9.59 Å². The smallest absolute Gasteiger partial charge is 0.310 e. The zero-order valence-electron chi connectivity index (χ0n) is 16.7. The number of carbonyl (C=O) groups excluding carboxylic acids is 2. The zero-order chi connectivity index (χ0) is 20.6. The van der Waals surface area contributed by atoms with Crippen LogP contribution in [0.25, 0.3) is 0 Å². The highest BCUT2D eigenvalue weighted by molar-refractivity contribution is 5.81. The van der Waals surface area contributed by atoms with E-state index in [0.717, 1.165) is 42.0 Å². The highest BCUT2D eigenvalue weighted by Gasteiger charge is 2.17. The maximum atomic E-state index is 11.9. The number of amides is 1. The van der Waals surface area contributed by atoms with Crippen molar-refractivity contribution < 1.29 is 28.3 Å². The molecule has 0 saturated carbocycles. The van der Waals surface area contributed by atoms with E-state index in [1.807, 2.05) is 13.8 Å². The van der Waals surface area contributed by atoms with Gasteiger partial charge < -0.3 is 24.1 Å². The van der Waals surface area contributed by atoms with Gasteiger partial charge in [-0.05, 0) is 44.4 Å². The molecule has 1 aliphatic rings. The van der Waals surface area contributed by atoms with E-state index in [4.69, 9.17) is 18.7 Å². The van der Waals surface area contributed by atoms with Gasteiger partial charge in [0.2, 0.25) is 0 Å². The van der Waals surface area contributed by atoms with Crippen LogP contribution in [0.3, 0.4) is 0 Å². The van der Waals surface area contributed by atoms with Crippen LogP contribution in [-0.2, 0) is 32.1 Å². The van der Waals surface area contributed by atoms with E-state index < -0.39 is 5.97 Å². The summed E-state index contributed by atoms with van der Waals surface area (Å²) in [6, 6.07) is 7.16. The lowest BCUT2D eigenvalue weighted by Gasteiger charge is -2.11. The summed E-state index contributed by atoms with van der Waals surface area (Å²) < 4.78 is 21.3. The predicted octanol–water partition coefficient (Wildman–Crippen LogP) is 2.25. The standard InChI is InChI=1S/C21H26N2O6/c1-14-19(15(2)29-23-14)12-27-17-7-5-16(6-8-17)10-21(25)28-13-20(24)22-11-18-4-3-9-26-18/h5-8,18H,3-4,9-13H2,1-2H3,(H,22,24)/t18-/m1/s1. The first-order chi connectivity index (χ1) is 14.0. The van der Waals surface area contributed by atoms with Crippen LogP contribution in [0.1, 0.15) is 35.4 Å². The number of esters is 1. The fourth-order valence-corrected chi connectivity index (χ4v) is 3.01. The van der Waals surface area contributed by atoms with E-state index >= 15 is 0 Å². The summed E-state index contributed by atoms with van der Waals surface area (Å²) in [4.78, 5) is 23.7. The van der Waals surface area contributed by atoms with Crippen molar-refractivity contribution >= 4 is 11.9 Å². The minimum Gasteiger partial charge on any atom is -0.489 e. The number of carbonyl (C=O) groups is 2. The van der Waals surface area contributed by atoms with Crippen LogP contribution < -0.4 is 10.1 Å². The van der Waals surface area contributed by atoms with Crippen molar-refractivity contribution in [2.75, 3.05) is 19.8 Å². The number of nitrogens with one attached hydrogen (secondary N) is 1. The number of benzene rings is 1. The molecule has 0 radical (unpaired) electrons. The lowest BCUT2D eigenvalue weighted by molar-refractivity contribution is -0.148. The van der Waals surface area contributed by atoms with Gasteiger partial charge in [-0.25, -0.2) is 0 Å². The molecule has 8 heteroatoms. The maximum Gasteiger partial charge on any atom is 0.310 e. The third kappa shape index (κ3) is 6.32. The van der Waals surface area contributed by atoms with Crippen molar-refractivity contribution in [1.82, 2.24) is 10.5 Å². The molecule has 1 aromatic carbocycles. The second-order valence-electron chi connectivity index (χ2n) is 7.01. The molecule has 2 heterocycles. The molecule has 1 aromatic heterocycles. The summed E-state index contributed by atoms with van der Waals surface area (Å²) in [5.74, 6) is 0.635. The third-order valence-corrected chi connectivity index (χ3v) is 4.75. The van der Waals surface area contributed by atoms with Crippen LogP contribution in [0.4, 0.5) is 0 Å². The molecular formula is C21H26N2O6. The lowest BCUT2D eigenvalue weighted by Crippen LogP contribution is -2.35. The van der Waals surface area contributed by atoms with Gasteiger partial charge >= 0.3 is 5.97 Å². The second kappa shape index (κ2) is 10.1. The summed E-state index contributed by atoms with van der Waals surface area (Å²) in [6.07, 6.45) is 2.10. The summed E-state index contributed by atoms with van der Waals surface area (Å²) in [7, 11) is 0. The van der Waals surface area contributed by atoms with Gasteiger partial charge in [0.25, 0.3) is 5.91 Å². The summed E-state index contributed by atoms with van der Waals surface area (Å²) >= 11 is 0. The first-order valence-corrected chi connectivity index (χ1v) is 9.68. The Hall–Kier alpha value is -2.87. The van der Waals surface area contributed by atoms with E-state index in [2.05, 4.69) is 10.5 Å². The highest BCUT2D eigenvalue weighted by atomic mass is 16.5. The molecule has 156 valence electrons. The van der Waals surface area contributed by atoms with Crippen molar-refractivity contribution in [2.45, 2.75) is 45.8 Å². The minimum atomic E-state index is -0.457. The van der Waals surface area contributed by atoms with Crippen molar-refractivity contribution in [2.24, 2.45) is 0 Å². The SMILES string of the molecule is Cc1noc(C)c1COc1ccc(CC(=O)OCC(=O)NC[C@H]2CCCO2)cc1. The normalized spacial score (nSPS) is 15.9. The summed E-state index contributed by atoms with van der Waals surface area (Å²) in [5.41, 5.74) is 2.51. The molecule has 3 rings (SSSR count). The van der Waals surface area contributed by atoms with Gasteiger partial charge in [-0.3, -0.25) is 9.59 Å². The Balaban J connectivity index is 1.37. The van der Waals surface area contributed by atoms with Crippen molar-refractivity contribution in [3.8, 4) is 5.75 Å². The van der Waals surface area contributed by atoms with Gasteiger partial charge in [0.15, 0.2) is 6.61 Å². The van der Waals surface area contributed by atoms with Crippen LogP contribution in [0.15, 0.2) is 28.8 Å². The lowest BCUT2D eigenvalue weighted by atomic mass is 10.1. The predicted molar refractivity (Wildman–Crippen MR) is 103 cm³/mol. The molecular weight excluding hydrogens is 376 g/mol. The average Bonchev–Trinajstić information content (AvgIpc) is 3.34. The van der Waals surface area contributed by atoms with Crippen molar-refractivity contribution in [3.63, 3.8) is 0 Å². The molecule has 1 amide bonds. The van der Waals surface area contributed by atoms with E-state index in [0.29, 0.717) is 18.9 Å². The van der Waals surface area contributed by atoms with Crippen LogP contribution in [-0.4, -0.2) is 42.9 Å². The Kier molecular flexibility index (Phi) is 7.24. The minimum absolute atomic E-state index is 0.0629. The van der Waals surface area contributed by atoms with Crippen LogP contribution in [0.2, 0.25) is 0 Å². The summed E-state index contributed by atoms with van der Waals surface area (Å²) in [5, 5.41) is 6.61. The molecule has 1 fully saturated rings. The van der Waals surface area contributed by atoms with Gasteiger partial charge in [-0.15, -0.1) is 0 Å². The number of nitrogens with zero attached hydrogens (tertiary/aromatic N) is 1. The van der Waals surface area contributed by atoms with Crippen molar-refractivity contribution in [3.05, 3.63) is 46.8 Å². The molecule has 1 saturated heterocycles. The number of rotatable bonds is 9. The molecule has 0 unspecified atom stereocenters. The van der Waals surface area contributed by atoms with E-state index in [1.165, 1.54) is 0 Å². The topological polar surface area (TPSA) is 99.9 Å². The molecule has 0 bridgehead atoms. The molecule has 1 atom stereocenters. The largest absolute Gasteiger partial charge is 0.489 e. The van der Waals surface area contributed by atoms with Gasteiger partial charge in [0.1, 0.15) is 18.1 Å². The van der Waals surface area contributed by atoms with Gasteiger partial charge in [0.05, 0.1) is 23.8 Å². The Bertz CT molecular complexity index is 805. The molecule has 8 nitrogen and oxygen atoms in total. The van der Waals surface area contributed by atoms with Crippen LogP contribution in [0, 0.1) is 13.8 Å². The monoisotopic (exact) mass is 402 g/mol. The van der Waals surface area contributed by atoms with Gasteiger partial charge in [-0.2, -0.15) is 0 Å². The summed E-state index contributed by atoms with van der Waals surface area (Å²) in [6.45, 7) is 4.97. The maximum absolute atomic E-state index is 11.9. The zero-order valence-corrected chi connectivity index (χ0v) is 16.7. The first-order valence-electron chi connectivity index (χ1n) is 9.68. The molecule has 0 aliphatic carbocycles. The van der Waals surface area contributed by atoms with E-state index in [-0.39, 0.29) is 25.0 Å². The number of ether oxygens (including phenoxy) is 3. The number of hydrogen-bond acceptors (Lipinski definition) is 7. The molecule has 1 aliphatic heterocycles. The quantitative estimate of drug-likeness (QED) is 0.642. The number of hydrogen-bond donors (Lipinski definition) is 1. The Labute approximate surface area is 169 Å². The van der Waals surface area contributed by atoms with Crippen LogP contribution in [0.5, 0.6) is 5.75 Å². The Morgan fingerprint density at radius 2 is 2.03 bits per heavy atom. The molecule has 1 N–H and O–H groups in total. The number of aryl methyl sites for hydroxylation is 2. The highest BCUT2D eigenvalue weighted by Crippen LogP contribution is 2.18. The second-order valence-corrected chi connectivity index (χ2v) is 7.01. The molecule has 0 spiro atoms. The van der Waals surface area contributed by atoms with Crippen molar-refractivity contribution in [1.29, 1.82) is 0 Å². The molecule has 29 heavy (non-hydrogen) atoms. The van der Waals surface area contributed by atoms with Crippen LogP contribution >= 0.6 is 0 Å². The first kappa shape index (κ1) is 20.9. The third-order valence-electron chi connectivity index (χ3n) is 4.75. The van der Waals surface area contributed by atoms with E-state index in [1.54, 1.807) is 24.3 Å². The molecule has 2 aromatic rings. The average molecular weight is 402 g/mol. The fourth-order valence-electron chi connectivity index (χ4n) is 3.01. The van der Waals surface area contributed by atoms with Gasteiger partial charge in [0, 0.05) is 13.2 Å². The van der Waals surface area contributed by atoms with Gasteiger partial charge in [-0.1, -0.05) is 17.3 Å². The fraction of sp³-hybridized carbons (Fsp3) is 0.476.